The number of nitrogens with zero attached hydrogens (tertiary/aromatic N) is 3. The first-order valence-corrected chi connectivity index (χ1v) is 6.34. The number of rotatable bonds is 5. The lowest BCUT2D eigenvalue weighted by molar-refractivity contribution is 0.503. The molecule has 1 heterocycles. The van der Waals surface area contributed by atoms with Crippen molar-refractivity contribution in [1.82, 2.24) is 14.8 Å². The molecule has 2 rings (SSSR count). The number of hydrogen-bond donors (Lipinski definition) is 1. The average molecular weight is 265 g/mol. The van der Waals surface area contributed by atoms with Crippen molar-refractivity contribution in [3.05, 3.63) is 47.0 Å². The van der Waals surface area contributed by atoms with Crippen LogP contribution in [0.4, 0.5) is 0 Å². The van der Waals surface area contributed by atoms with E-state index >= 15 is 0 Å². The molecular formula is C13H17ClN4. The van der Waals surface area contributed by atoms with Crippen molar-refractivity contribution in [1.29, 1.82) is 0 Å². The molecule has 0 amide bonds. The molecule has 1 aromatic heterocycles. The highest BCUT2D eigenvalue weighted by molar-refractivity contribution is 6.30. The number of halogens is 1. The number of benzene rings is 1. The van der Waals surface area contributed by atoms with Gasteiger partial charge in [-0.05, 0) is 36.6 Å². The summed E-state index contributed by atoms with van der Waals surface area (Å²) in [6.45, 7) is 0.624. The maximum atomic E-state index is 5.98. The first-order chi connectivity index (χ1) is 8.69. The Hall–Kier alpha value is -1.39. The van der Waals surface area contributed by atoms with Gasteiger partial charge in [0.05, 0.1) is 0 Å². The molecule has 0 spiro atoms. The Morgan fingerprint density at radius 2 is 2.22 bits per heavy atom. The molecule has 18 heavy (non-hydrogen) atoms. The summed E-state index contributed by atoms with van der Waals surface area (Å²) >= 11 is 5.98. The van der Waals surface area contributed by atoms with Gasteiger partial charge in [-0.2, -0.15) is 5.10 Å². The Morgan fingerprint density at radius 3 is 2.83 bits per heavy atom. The molecule has 2 aromatic rings. The predicted molar refractivity (Wildman–Crippen MR) is 72.4 cm³/mol. The molecule has 4 nitrogen and oxygen atoms in total. The van der Waals surface area contributed by atoms with E-state index in [9.17, 15) is 0 Å². The van der Waals surface area contributed by atoms with E-state index < -0.39 is 0 Å². The number of hydrogen-bond acceptors (Lipinski definition) is 3. The van der Waals surface area contributed by atoms with Gasteiger partial charge in [-0.25, -0.2) is 4.98 Å². The molecule has 1 aromatic carbocycles. The smallest absolute Gasteiger partial charge is 0.138 e. The highest BCUT2D eigenvalue weighted by Gasteiger charge is 2.12. The first kappa shape index (κ1) is 13.1. The topological polar surface area (TPSA) is 56.7 Å². The van der Waals surface area contributed by atoms with Crippen LogP contribution in [-0.4, -0.2) is 21.3 Å². The molecule has 0 aliphatic carbocycles. The third-order valence-corrected chi connectivity index (χ3v) is 3.26. The van der Waals surface area contributed by atoms with Crippen LogP contribution in [-0.2, 0) is 19.9 Å². The molecule has 0 fully saturated rings. The lowest BCUT2D eigenvalue weighted by atomic mass is 9.96. The summed E-state index contributed by atoms with van der Waals surface area (Å²) in [6, 6.07) is 7.91. The summed E-state index contributed by atoms with van der Waals surface area (Å²) in [6.07, 6.45) is 3.31. The van der Waals surface area contributed by atoms with E-state index in [1.807, 2.05) is 25.2 Å². The van der Waals surface area contributed by atoms with Crippen molar-refractivity contribution in [2.45, 2.75) is 12.8 Å². The normalized spacial score (nSPS) is 12.6. The molecule has 0 radical (unpaired) electrons. The molecule has 0 aliphatic heterocycles. The Balaban J connectivity index is 2.04. The Morgan fingerprint density at radius 1 is 1.39 bits per heavy atom. The maximum absolute atomic E-state index is 5.98. The summed E-state index contributed by atoms with van der Waals surface area (Å²) in [5.41, 5.74) is 7.04. The fourth-order valence-electron chi connectivity index (χ4n) is 2.00. The molecule has 1 atom stereocenters. The van der Waals surface area contributed by atoms with Crippen molar-refractivity contribution < 1.29 is 0 Å². The largest absolute Gasteiger partial charge is 0.330 e. The summed E-state index contributed by atoms with van der Waals surface area (Å²) in [5, 5.41) is 4.83. The molecule has 0 saturated heterocycles. The van der Waals surface area contributed by atoms with Gasteiger partial charge in [0.15, 0.2) is 0 Å². The molecule has 5 heteroatoms. The van der Waals surface area contributed by atoms with Gasteiger partial charge in [-0.15, -0.1) is 0 Å². The van der Waals surface area contributed by atoms with Crippen LogP contribution < -0.4 is 5.73 Å². The minimum absolute atomic E-state index is 0.353. The summed E-state index contributed by atoms with van der Waals surface area (Å²) in [5.74, 6) is 1.32. The quantitative estimate of drug-likeness (QED) is 0.896. The van der Waals surface area contributed by atoms with E-state index in [1.54, 1.807) is 11.0 Å². The van der Waals surface area contributed by atoms with Crippen LogP contribution >= 0.6 is 11.6 Å². The van der Waals surface area contributed by atoms with Crippen LogP contribution in [0.1, 0.15) is 11.4 Å². The molecule has 0 saturated carbocycles. The van der Waals surface area contributed by atoms with Gasteiger partial charge >= 0.3 is 0 Å². The van der Waals surface area contributed by atoms with Gasteiger partial charge in [0.2, 0.25) is 0 Å². The van der Waals surface area contributed by atoms with E-state index in [4.69, 9.17) is 17.3 Å². The Labute approximate surface area is 112 Å². The van der Waals surface area contributed by atoms with E-state index in [-0.39, 0.29) is 0 Å². The fourth-order valence-corrected chi connectivity index (χ4v) is 2.21. The Bertz CT molecular complexity index is 509. The van der Waals surface area contributed by atoms with E-state index in [2.05, 4.69) is 16.1 Å². The molecule has 0 bridgehead atoms. The second kappa shape index (κ2) is 5.98. The van der Waals surface area contributed by atoms with Crippen molar-refractivity contribution in [2.24, 2.45) is 18.7 Å². The molecular weight excluding hydrogens is 248 g/mol. The van der Waals surface area contributed by atoms with E-state index in [1.165, 1.54) is 5.56 Å². The maximum Gasteiger partial charge on any atom is 0.138 e. The van der Waals surface area contributed by atoms with Crippen LogP contribution in [0, 0.1) is 5.92 Å². The monoisotopic (exact) mass is 264 g/mol. The number of aromatic nitrogens is 3. The summed E-state index contributed by atoms with van der Waals surface area (Å²) in [4.78, 5) is 4.23. The molecule has 2 N–H and O–H groups in total. The van der Waals surface area contributed by atoms with Crippen LogP contribution in [0.15, 0.2) is 30.6 Å². The third kappa shape index (κ3) is 3.31. The molecule has 96 valence electrons. The average Bonchev–Trinajstić information content (AvgIpc) is 2.74. The zero-order valence-electron chi connectivity index (χ0n) is 10.4. The van der Waals surface area contributed by atoms with Gasteiger partial charge in [0.25, 0.3) is 0 Å². The summed E-state index contributed by atoms with van der Waals surface area (Å²) < 4.78 is 1.79. The van der Waals surface area contributed by atoms with Crippen LogP contribution in [0.3, 0.4) is 0 Å². The SMILES string of the molecule is Cn1ncnc1CC(CN)Cc1cccc(Cl)c1. The highest BCUT2D eigenvalue weighted by Crippen LogP contribution is 2.16. The van der Waals surface area contributed by atoms with Gasteiger partial charge in [0.1, 0.15) is 12.2 Å². The van der Waals surface area contributed by atoms with Gasteiger partial charge in [0, 0.05) is 18.5 Å². The van der Waals surface area contributed by atoms with Crippen molar-refractivity contribution in [3.8, 4) is 0 Å². The highest BCUT2D eigenvalue weighted by atomic mass is 35.5. The summed E-state index contributed by atoms with van der Waals surface area (Å²) in [7, 11) is 1.90. The van der Waals surface area contributed by atoms with Gasteiger partial charge in [-0.3, -0.25) is 4.68 Å². The fraction of sp³-hybridized carbons (Fsp3) is 0.385. The van der Waals surface area contributed by atoms with Crippen LogP contribution in [0.5, 0.6) is 0 Å². The van der Waals surface area contributed by atoms with E-state index in [0.29, 0.717) is 12.5 Å². The van der Waals surface area contributed by atoms with Crippen LogP contribution in [0.25, 0.3) is 0 Å². The molecule has 1 unspecified atom stereocenters. The lowest BCUT2D eigenvalue weighted by Gasteiger charge is -2.14. The lowest BCUT2D eigenvalue weighted by Crippen LogP contribution is -2.21. The second-order valence-electron chi connectivity index (χ2n) is 4.44. The van der Waals surface area contributed by atoms with Gasteiger partial charge in [-0.1, -0.05) is 23.7 Å². The minimum atomic E-state index is 0.353. The zero-order chi connectivity index (χ0) is 13.0. The van der Waals surface area contributed by atoms with Crippen LogP contribution in [0.2, 0.25) is 5.02 Å². The Kier molecular flexibility index (Phi) is 4.33. The van der Waals surface area contributed by atoms with E-state index in [0.717, 1.165) is 23.7 Å². The second-order valence-corrected chi connectivity index (χ2v) is 4.88. The van der Waals surface area contributed by atoms with Gasteiger partial charge < -0.3 is 5.73 Å². The van der Waals surface area contributed by atoms with Crippen molar-refractivity contribution >= 4 is 11.6 Å². The first-order valence-electron chi connectivity index (χ1n) is 5.96. The number of nitrogens with two attached hydrogens (primary N) is 1. The predicted octanol–water partition coefficient (Wildman–Crippen LogP) is 1.83. The molecule has 0 aliphatic rings. The number of aryl methyl sites for hydroxylation is 1. The zero-order valence-corrected chi connectivity index (χ0v) is 11.1. The minimum Gasteiger partial charge on any atom is -0.330 e. The van der Waals surface area contributed by atoms with Crippen molar-refractivity contribution in [2.75, 3.05) is 6.54 Å². The third-order valence-electron chi connectivity index (χ3n) is 3.02. The standard InChI is InChI=1S/C13H17ClN4/c1-18-13(16-9-17-18)7-11(8-15)5-10-3-2-4-12(14)6-10/h2-4,6,9,11H,5,7-8,15H2,1H3. The van der Waals surface area contributed by atoms with Crippen molar-refractivity contribution in [3.63, 3.8) is 0 Å².